The molecule has 0 fully saturated rings. The molecule has 3 nitrogen and oxygen atoms in total. The zero-order valence-corrected chi connectivity index (χ0v) is 29.4. The van der Waals surface area contributed by atoms with Crippen molar-refractivity contribution < 1.29 is 12.6 Å². The molecule has 0 aliphatic heterocycles. The number of unbranched alkanes of at least 4 members (excludes halogenated alkanes) is 9. The van der Waals surface area contributed by atoms with Crippen LogP contribution in [0.3, 0.4) is 0 Å². The van der Waals surface area contributed by atoms with Crippen molar-refractivity contribution in [2.45, 2.75) is 117 Å². The Kier molecular flexibility index (Phi) is 16.0. The lowest BCUT2D eigenvalue weighted by Crippen LogP contribution is -2.17. The van der Waals surface area contributed by atoms with Gasteiger partial charge in [-0.15, -0.1) is 0 Å². The fraction of sp³-hybridized carbons (Fsp3) is 0.400. The molecule has 0 aliphatic carbocycles. The molecule has 0 heterocycles. The zero-order chi connectivity index (χ0) is 32.4. The summed E-state index contributed by atoms with van der Waals surface area (Å²) in [6.07, 6.45) is 12.3. The summed E-state index contributed by atoms with van der Waals surface area (Å²) >= 11 is 0. The molecule has 0 saturated carbocycles. The van der Waals surface area contributed by atoms with Crippen LogP contribution >= 0.6 is 0 Å². The van der Waals surface area contributed by atoms with E-state index in [-0.39, 0.29) is 27.8 Å². The van der Waals surface area contributed by atoms with E-state index in [2.05, 4.69) is 113 Å². The van der Waals surface area contributed by atoms with Gasteiger partial charge in [-0.05, 0) is 54.3 Å². The maximum atomic E-state index is 11.9. The Morgan fingerprint density at radius 3 is 1.47 bits per heavy atom. The van der Waals surface area contributed by atoms with Crippen molar-refractivity contribution in [2.75, 3.05) is 6.61 Å². The maximum absolute atomic E-state index is 11.9. The molecule has 0 atom stereocenters. The SMILES string of the molecule is CC(C)(C)c1ccccc1[S+](c1ccccc1)c1ccccc1.CCCCCCCCCCCCOS(=O)(=O)c1ccccc1. The average Bonchev–Trinajstić information content (AvgIpc) is 3.05. The van der Waals surface area contributed by atoms with Gasteiger partial charge in [0.2, 0.25) is 0 Å². The van der Waals surface area contributed by atoms with E-state index in [1.165, 1.54) is 71.6 Å². The third kappa shape index (κ3) is 12.8. The molecule has 4 aromatic rings. The predicted octanol–water partition coefficient (Wildman–Crippen LogP) is 11.4. The van der Waals surface area contributed by atoms with Gasteiger partial charge in [0.05, 0.1) is 22.4 Å². The molecule has 4 aromatic carbocycles. The molecule has 0 aliphatic rings. The van der Waals surface area contributed by atoms with Gasteiger partial charge in [0.1, 0.15) is 0 Å². The summed E-state index contributed by atoms with van der Waals surface area (Å²) in [5, 5.41) is 0. The van der Waals surface area contributed by atoms with Gasteiger partial charge >= 0.3 is 0 Å². The first kappa shape index (κ1) is 36.6. The summed E-state index contributed by atoms with van der Waals surface area (Å²) in [5.41, 5.74) is 1.56. The number of hydrogen-bond donors (Lipinski definition) is 0. The first-order valence-corrected chi connectivity index (χ1v) is 19.3. The minimum atomic E-state index is -3.57. The lowest BCUT2D eigenvalue weighted by atomic mass is 9.87. The van der Waals surface area contributed by atoms with Crippen molar-refractivity contribution >= 4 is 21.0 Å². The standard InChI is InChI=1S/C22H23S.C18H30O3S/c1-22(2,3)20-16-10-11-17-21(20)23(18-12-6-4-7-13-18)19-14-8-5-9-15-19;1-2-3-4-5-6-7-8-9-10-14-17-21-22(19,20)18-15-12-11-13-16-18/h4-17H,1-3H3;11-13,15-16H,2-10,14,17H2,1H3/q+1;. The highest BCUT2D eigenvalue weighted by atomic mass is 32.2. The molecule has 5 heteroatoms. The fourth-order valence-electron chi connectivity index (χ4n) is 5.18. The summed E-state index contributed by atoms with van der Waals surface area (Å²) in [4.78, 5) is 4.41. The monoisotopic (exact) mass is 645 g/mol. The van der Waals surface area contributed by atoms with E-state index < -0.39 is 10.1 Å². The van der Waals surface area contributed by atoms with Crippen molar-refractivity contribution in [3.8, 4) is 0 Å². The average molecular weight is 646 g/mol. The second-order valence-electron chi connectivity index (χ2n) is 12.4. The van der Waals surface area contributed by atoms with Crippen LogP contribution in [0, 0.1) is 0 Å². The molecule has 0 unspecified atom stereocenters. The van der Waals surface area contributed by atoms with E-state index in [9.17, 15) is 8.42 Å². The largest absolute Gasteiger partial charge is 0.296 e. The Morgan fingerprint density at radius 2 is 0.978 bits per heavy atom. The topological polar surface area (TPSA) is 43.4 Å². The van der Waals surface area contributed by atoms with Crippen molar-refractivity contribution in [3.05, 3.63) is 121 Å². The molecule has 0 bridgehead atoms. The molecule has 45 heavy (non-hydrogen) atoms. The zero-order valence-electron chi connectivity index (χ0n) is 27.8. The van der Waals surface area contributed by atoms with Gasteiger partial charge in [-0.2, -0.15) is 8.42 Å². The molecule has 242 valence electrons. The lowest BCUT2D eigenvalue weighted by molar-refractivity contribution is 0.306. The van der Waals surface area contributed by atoms with Gasteiger partial charge in [-0.25, -0.2) is 0 Å². The summed E-state index contributed by atoms with van der Waals surface area (Å²) in [6.45, 7) is 9.41. The van der Waals surface area contributed by atoms with Gasteiger partial charge in [0.25, 0.3) is 10.1 Å². The van der Waals surface area contributed by atoms with Crippen LogP contribution in [0.25, 0.3) is 0 Å². The minimum Gasteiger partial charge on any atom is -0.266 e. The van der Waals surface area contributed by atoms with E-state index >= 15 is 0 Å². The van der Waals surface area contributed by atoms with Gasteiger partial charge in [0.15, 0.2) is 14.7 Å². The van der Waals surface area contributed by atoms with E-state index in [0.29, 0.717) is 0 Å². The molecule has 4 rings (SSSR count). The number of rotatable bonds is 16. The quantitative estimate of drug-likeness (QED) is 0.0692. The second kappa shape index (κ2) is 19.6. The molecule has 0 radical (unpaired) electrons. The van der Waals surface area contributed by atoms with Crippen LogP contribution in [0.1, 0.15) is 97.5 Å². The van der Waals surface area contributed by atoms with E-state index in [4.69, 9.17) is 4.18 Å². The molecular formula is C40H53O3S2+. The normalized spacial score (nSPS) is 11.7. The Balaban J connectivity index is 0.000000246. The molecular weight excluding hydrogens is 593 g/mol. The summed E-state index contributed by atoms with van der Waals surface area (Å²) < 4.78 is 28.8. The van der Waals surface area contributed by atoms with Crippen LogP contribution in [-0.2, 0) is 30.6 Å². The first-order valence-electron chi connectivity index (χ1n) is 16.6. The third-order valence-corrected chi connectivity index (χ3v) is 11.3. The summed E-state index contributed by atoms with van der Waals surface area (Å²) in [5.74, 6) is 0. The minimum absolute atomic E-state index is 0.0727. The Morgan fingerprint density at radius 1 is 0.556 bits per heavy atom. The predicted molar refractivity (Wildman–Crippen MR) is 192 cm³/mol. The van der Waals surface area contributed by atoms with Crippen molar-refractivity contribution in [3.63, 3.8) is 0 Å². The smallest absolute Gasteiger partial charge is 0.266 e. The molecule has 0 amide bonds. The van der Waals surface area contributed by atoms with E-state index in [1.54, 1.807) is 30.3 Å². The lowest BCUT2D eigenvalue weighted by Gasteiger charge is -2.22. The summed E-state index contributed by atoms with van der Waals surface area (Å²) in [7, 11) is -3.64. The van der Waals surface area contributed by atoms with E-state index in [1.807, 2.05) is 0 Å². The second-order valence-corrected chi connectivity index (χ2v) is 16.1. The molecule has 0 N–H and O–H groups in total. The highest BCUT2D eigenvalue weighted by Crippen LogP contribution is 2.37. The maximum Gasteiger partial charge on any atom is 0.296 e. The van der Waals surface area contributed by atoms with Crippen molar-refractivity contribution in [1.82, 2.24) is 0 Å². The van der Waals surface area contributed by atoms with Crippen molar-refractivity contribution in [2.24, 2.45) is 0 Å². The van der Waals surface area contributed by atoms with Gasteiger partial charge < -0.3 is 0 Å². The molecule has 0 saturated heterocycles. The fourth-order valence-corrected chi connectivity index (χ4v) is 8.59. The van der Waals surface area contributed by atoms with Crippen LogP contribution in [-0.4, -0.2) is 15.0 Å². The highest BCUT2D eigenvalue weighted by molar-refractivity contribution is 7.97. The first-order chi connectivity index (χ1) is 21.7. The van der Waals surface area contributed by atoms with Gasteiger partial charge in [-0.1, -0.05) is 158 Å². The Hall–Kier alpha value is -2.86. The van der Waals surface area contributed by atoms with Crippen LogP contribution in [0.4, 0.5) is 0 Å². The van der Waals surface area contributed by atoms with Crippen LogP contribution in [0.2, 0.25) is 0 Å². The van der Waals surface area contributed by atoms with Crippen LogP contribution in [0.5, 0.6) is 0 Å². The highest BCUT2D eigenvalue weighted by Gasteiger charge is 2.33. The number of benzene rings is 4. The van der Waals surface area contributed by atoms with Crippen molar-refractivity contribution in [1.29, 1.82) is 0 Å². The Bertz CT molecular complexity index is 1410. The molecule has 0 aromatic heterocycles. The van der Waals surface area contributed by atoms with Crippen LogP contribution < -0.4 is 0 Å². The Labute approximate surface area is 276 Å². The van der Waals surface area contributed by atoms with Gasteiger partial charge in [0, 0.05) is 5.56 Å². The third-order valence-electron chi connectivity index (χ3n) is 7.64. The molecule has 0 spiro atoms. The van der Waals surface area contributed by atoms with Gasteiger partial charge in [-0.3, -0.25) is 4.18 Å². The van der Waals surface area contributed by atoms with E-state index in [0.717, 1.165) is 12.8 Å². The summed E-state index contributed by atoms with van der Waals surface area (Å²) in [6, 6.07) is 38.9. The van der Waals surface area contributed by atoms with Crippen LogP contribution in [0.15, 0.2) is 135 Å². The number of hydrogen-bond acceptors (Lipinski definition) is 3.